The lowest BCUT2D eigenvalue weighted by Gasteiger charge is -2.34. The highest BCUT2D eigenvalue weighted by molar-refractivity contribution is 7.89. The molecule has 0 saturated carbocycles. The van der Waals surface area contributed by atoms with Crippen LogP contribution in [0, 0.1) is 0 Å². The third kappa shape index (κ3) is 4.47. The van der Waals surface area contributed by atoms with E-state index < -0.39 is 15.6 Å². The lowest BCUT2D eigenvalue weighted by molar-refractivity contribution is 0.0537. The molecular weight excluding hydrogens is 308 g/mol. The molecule has 0 spiro atoms. The van der Waals surface area contributed by atoms with Gasteiger partial charge < -0.3 is 10.5 Å². The Hall–Kier alpha value is -1.02. The molecule has 1 aromatic carbocycles. The number of sulfonamides is 1. The first-order valence-electron chi connectivity index (χ1n) is 6.80. The second-order valence-corrected chi connectivity index (χ2v) is 7.77. The lowest BCUT2D eigenvalue weighted by atomic mass is 9.94. The molecule has 116 valence electrons. The van der Waals surface area contributed by atoms with Crippen LogP contribution in [0.2, 0.25) is 0 Å². The highest BCUT2D eigenvalue weighted by atomic mass is 32.2. The van der Waals surface area contributed by atoms with Crippen LogP contribution in [0.3, 0.4) is 0 Å². The van der Waals surface area contributed by atoms with Crippen LogP contribution in [0.5, 0.6) is 0 Å². The van der Waals surface area contributed by atoms with Gasteiger partial charge in [0.15, 0.2) is 0 Å². The molecule has 0 radical (unpaired) electrons. The Labute approximate surface area is 130 Å². The van der Waals surface area contributed by atoms with E-state index in [0.717, 1.165) is 5.56 Å². The van der Waals surface area contributed by atoms with E-state index in [0.29, 0.717) is 37.5 Å². The molecule has 0 unspecified atom stereocenters. The number of hydrogen-bond acceptors (Lipinski definition) is 4. The van der Waals surface area contributed by atoms with Gasteiger partial charge in [0.1, 0.15) is 0 Å². The Balaban J connectivity index is 2.13. The number of benzene rings is 1. The van der Waals surface area contributed by atoms with E-state index in [1.165, 1.54) is 0 Å². The molecule has 21 heavy (non-hydrogen) atoms. The molecule has 1 aliphatic rings. The smallest absolute Gasteiger partial charge is 0.241 e. The molecule has 3 N–H and O–H groups in total. The van der Waals surface area contributed by atoms with E-state index in [-0.39, 0.29) is 4.90 Å². The predicted octanol–water partition coefficient (Wildman–Crippen LogP) is 1.36. The Morgan fingerprint density at radius 1 is 1.33 bits per heavy atom. The summed E-state index contributed by atoms with van der Waals surface area (Å²) in [7, 11) is -3.53. The molecule has 1 fully saturated rings. The van der Waals surface area contributed by atoms with E-state index in [2.05, 4.69) is 4.72 Å². The Morgan fingerprint density at radius 2 is 1.90 bits per heavy atom. The Morgan fingerprint density at radius 3 is 2.43 bits per heavy atom. The lowest BCUT2D eigenvalue weighted by Crippen LogP contribution is -2.49. The first-order chi connectivity index (χ1) is 9.81. The third-order valence-electron chi connectivity index (χ3n) is 3.59. The summed E-state index contributed by atoms with van der Waals surface area (Å²) in [5, 5.41) is 0. The van der Waals surface area contributed by atoms with Crippen molar-refractivity contribution < 1.29 is 13.2 Å². The number of rotatable bonds is 5. The molecule has 1 aliphatic heterocycles. The van der Waals surface area contributed by atoms with Crippen LogP contribution in [-0.4, -0.2) is 32.2 Å². The van der Waals surface area contributed by atoms with Gasteiger partial charge in [-0.1, -0.05) is 24.4 Å². The molecule has 5 nitrogen and oxygen atoms in total. The van der Waals surface area contributed by atoms with Crippen molar-refractivity contribution in [2.24, 2.45) is 5.73 Å². The molecule has 0 aliphatic carbocycles. The number of nitrogens with two attached hydrogens (primary N) is 1. The Kier molecular flexibility index (Phi) is 4.98. The summed E-state index contributed by atoms with van der Waals surface area (Å²) < 4.78 is 32.9. The van der Waals surface area contributed by atoms with Gasteiger partial charge in [0.2, 0.25) is 10.0 Å². The second kappa shape index (κ2) is 6.39. The average Bonchev–Trinajstić information content (AvgIpc) is 2.38. The van der Waals surface area contributed by atoms with Crippen molar-refractivity contribution in [1.29, 1.82) is 0 Å². The fourth-order valence-corrected chi connectivity index (χ4v) is 3.93. The molecule has 2 rings (SSSR count). The topological polar surface area (TPSA) is 81.4 Å². The molecule has 7 heteroatoms. The van der Waals surface area contributed by atoms with Gasteiger partial charge in [-0.25, -0.2) is 13.1 Å². The predicted molar refractivity (Wildman–Crippen MR) is 85.7 cm³/mol. The highest BCUT2D eigenvalue weighted by Crippen LogP contribution is 2.23. The molecule has 0 atom stereocenters. The number of thiocarbonyl (C=S) groups is 1. The summed E-state index contributed by atoms with van der Waals surface area (Å²) in [6.45, 7) is 3.06. The van der Waals surface area contributed by atoms with Crippen molar-refractivity contribution in [3.8, 4) is 0 Å². The zero-order valence-corrected chi connectivity index (χ0v) is 13.6. The molecule has 1 aromatic rings. The molecule has 0 amide bonds. The normalized spacial score (nSPS) is 18.3. The fourth-order valence-electron chi connectivity index (χ4n) is 2.29. The van der Waals surface area contributed by atoms with E-state index in [1.54, 1.807) is 24.3 Å². The van der Waals surface area contributed by atoms with Crippen molar-refractivity contribution in [3.63, 3.8) is 0 Å². The first-order valence-corrected chi connectivity index (χ1v) is 8.69. The minimum Gasteiger partial charge on any atom is -0.393 e. The van der Waals surface area contributed by atoms with E-state index in [4.69, 9.17) is 22.7 Å². The highest BCUT2D eigenvalue weighted by Gasteiger charge is 2.32. The molecule has 0 aromatic heterocycles. The van der Waals surface area contributed by atoms with Crippen LogP contribution in [0.4, 0.5) is 0 Å². The van der Waals surface area contributed by atoms with E-state index in [1.807, 2.05) is 6.92 Å². The number of ether oxygens (including phenoxy) is 1. The standard InChI is InChI=1S/C14H20N2O3S2/c1-14(6-8-19-9-7-14)16-21(17,18)12-4-2-11(3-5-12)10-13(15)20/h2-5,16H,6-10H2,1H3,(H2,15,20). The van der Waals surface area contributed by atoms with Gasteiger partial charge >= 0.3 is 0 Å². The maximum atomic E-state index is 12.4. The second-order valence-electron chi connectivity index (χ2n) is 5.57. The van der Waals surface area contributed by atoms with Crippen molar-refractivity contribution >= 4 is 27.2 Å². The Bertz CT molecular complexity index is 606. The molecule has 0 bridgehead atoms. The van der Waals surface area contributed by atoms with Gasteiger partial charge in [-0.15, -0.1) is 0 Å². The summed E-state index contributed by atoms with van der Waals surface area (Å²) in [6.07, 6.45) is 1.82. The van der Waals surface area contributed by atoms with Crippen LogP contribution >= 0.6 is 12.2 Å². The van der Waals surface area contributed by atoms with Gasteiger partial charge in [-0.05, 0) is 37.5 Å². The molecular formula is C14H20N2O3S2. The maximum absolute atomic E-state index is 12.4. The zero-order chi connectivity index (χ0) is 15.5. The van der Waals surface area contributed by atoms with Crippen molar-refractivity contribution in [2.75, 3.05) is 13.2 Å². The van der Waals surface area contributed by atoms with Crippen molar-refractivity contribution in [3.05, 3.63) is 29.8 Å². The summed E-state index contributed by atoms with van der Waals surface area (Å²) in [6, 6.07) is 6.64. The van der Waals surface area contributed by atoms with Crippen LogP contribution in [0.25, 0.3) is 0 Å². The largest absolute Gasteiger partial charge is 0.393 e. The van der Waals surface area contributed by atoms with Crippen molar-refractivity contribution in [2.45, 2.75) is 36.6 Å². The molecule has 1 saturated heterocycles. The SMILES string of the molecule is CC1(NS(=O)(=O)c2ccc(CC(N)=S)cc2)CCOCC1. The van der Waals surface area contributed by atoms with Gasteiger partial charge in [0, 0.05) is 25.2 Å². The summed E-state index contributed by atoms with van der Waals surface area (Å²) in [4.78, 5) is 0.639. The van der Waals surface area contributed by atoms with Gasteiger partial charge in [-0.3, -0.25) is 0 Å². The van der Waals surface area contributed by atoms with Gasteiger partial charge in [-0.2, -0.15) is 0 Å². The summed E-state index contributed by atoms with van der Waals surface area (Å²) >= 11 is 4.84. The maximum Gasteiger partial charge on any atom is 0.241 e. The quantitative estimate of drug-likeness (QED) is 0.798. The zero-order valence-electron chi connectivity index (χ0n) is 12.0. The van der Waals surface area contributed by atoms with Crippen LogP contribution in [-0.2, 0) is 21.2 Å². The van der Waals surface area contributed by atoms with Gasteiger partial charge in [0.05, 0.1) is 9.88 Å². The number of nitrogens with one attached hydrogen (secondary N) is 1. The number of hydrogen-bond donors (Lipinski definition) is 2. The molecule has 1 heterocycles. The minimum atomic E-state index is -3.53. The monoisotopic (exact) mass is 328 g/mol. The summed E-state index contributed by atoms with van der Waals surface area (Å²) in [5.74, 6) is 0. The van der Waals surface area contributed by atoms with E-state index in [9.17, 15) is 8.42 Å². The third-order valence-corrected chi connectivity index (χ3v) is 5.39. The van der Waals surface area contributed by atoms with Crippen LogP contribution in [0.1, 0.15) is 25.3 Å². The van der Waals surface area contributed by atoms with E-state index >= 15 is 0 Å². The van der Waals surface area contributed by atoms with Crippen LogP contribution < -0.4 is 10.5 Å². The first kappa shape index (κ1) is 16.4. The minimum absolute atomic E-state index is 0.252. The van der Waals surface area contributed by atoms with Gasteiger partial charge in [0.25, 0.3) is 0 Å². The van der Waals surface area contributed by atoms with Crippen molar-refractivity contribution in [1.82, 2.24) is 4.72 Å². The summed E-state index contributed by atoms with van der Waals surface area (Å²) in [5.41, 5.74) is 5.93. The average molecular weight is 328 g/mol. The van der Waals surface area contributed by atoms with Crippen LogP contribution in [0.15, 0.2) is 29.2 Å². The fraction of sp³-hybridized carbons (Fsp3) is 0.500.